The third-order valence-corrected chi connectivity index (χ3v) is 2.29. The number of benzene rings is 1. The molecule has 0 aliphatic heterocycles. The van der Waals surface area contributed by atoms with Crippen molar-refractivity contribution in [2.45, 2.75) is 0 Å². The van der Waals surface area contributed by atoms with Crippen LogP contribution in [0, 0.1) is 0 Å². The fourth-order valence-electron chi connectivity index (χ4n) is 1.47. The number of aromatic nitrogens is 1. The largest absolute Gasteiger partial charge is 0.493 e. The lowest BCUT2D eigenvalue weighted by atomic mass is 10.2. The first-order chi connectivity index (χ1) is 8.19. The second-order valence-electron chi connectivity index (χ2n) is 3.20. The molecule has 0 aliphatic rings. The monoisotopic (exact) mass is 237 g/mol. The van der Waals surface area contributed by atoms with Crippen LogP contribution in [0.3, 0.4) is 0 Å². The molecule has 0 bridgehead atoms. The van der Waals surface area contributed by atoms with Crippen molar-refractivity contribution in [2.24, 2.45) is 0 Å². The molecule has 90 valence electrons. The van der Waals surface area contributed by atoms with Crippen LogP contribution in [0.15, 0.2) is 21.3 Å². The minimum Gasteiger partial charge on any atom is -0.493 e. The predicted octanol–water partition coefficient (Wildman–Crippen LogP) is 1.21. The van der Waals surface area contributed by atoms with E-state index in [0.29, 0.717) is 22.4 Å². The minimum absolute atomic E-state index is 0.0882. The zero-order valence-electron chi connectivity index (χ0n) is 9.64. The summed E-state index contributed by atoms with van der Waals surface area (Å²) >= 11 is 0. The molecule has 0 aliphatic carbocycles. The number of methoxy groups -OCH3 is 3. The average molecular weight is 237 g/mol. The molecule has 2 rings (SSSR count). The van der Waals surface area contributed by atoms with Crippen molar-refractivity contribution in [2.75, 3.05) is 21.3 Å². The summed E-state index contributed by atoms with van der Waals surface area (Å²) in [5, 5.41) is 0.309. The van der Waals surface area contributed by atoms with Gasteiger partial charge >= 0.3 is 11.7 Å². The summed E-state index contributed by atoms with van der Waals surface area (Å²) in [5.41, 5.74) is -0.108. The van der Waals surface area contributed by atoms with Gasteiger partial charge in [0.15, 0.2) is 11.5 Å². The molecule has 6 nitrogen and oxygen atoms in total. The Morgan fingerprint density at radius 1 is 1.06 bits per heavy atom. The molecule has 0 fully saturated rings. The van der Waals surface area contributed by atoms with Crippen LogP contribution in [0.5, 0.6) is 17.6 Å². The van der Waals surface area contributed by atoms with E-state index in [9.17, 15) is 4.79 Å². The summed E-state index contributed by atoms with van der Waals surface area (Å²) in [6.45, 7) is 0. The quantitative estimate of drug-likeness (QED) is 0.799. The number of hydrogen-bond acceptors (Lipinski definition) is 6. The van der Waals surface area contributed by atoms with E-state index in [2.05, 4.69) is 4.98 Å². The SMILES string of the molecule is COc1nc2cc(OC)c(OC)cc2c(=O)o1. The van der Waals surface area contributed by atoms with Gasteiger partial charge in [-0.3, -0.25) is 0 Å². The average Bonchev–Trinajstić information content (AvgIpc) is 2.36. The first-order valence-electron chi connectivity index (χ1n) is 4.80. The molecule has 0 unspecified atom stereocenters. The fourth-order valence-corrected chi connectivity index (χ4v) is 1.47. The van der Waals surface area contributed by atoms with Crippen LogP contribution in [0.25, 0.3) is 10.9 Å². The Morgan fingerprint density at radius 2 is 1.71 bits per heavy atom. The number of hydrogen-bond donors (Lipinski definition) is 0. The normalized spacial score (nSPS) is 10.3. The van der Waals surface area contributed by atoms with E-state index in [-0.39, 0.29) is 6.08 Å². The molecule has 1 aromatic heterocycles. The number of nitrogens with zero attached hydrogens (tertiary/aromatic N) is 1. The molecule has 6 heteroatoms. The van der Waals surface area contributed by atoms with Crippen molar-refractivity contribution in [3.05, 3.63) is 22.6 Å². The van der Waals surface area contributed by atoms with Gasteiger partial charge in [0.2, 0.25) is 0 Å². The highest BCUT2D eigenvalue weighted by Gasteiger charge is 2.12. The van der Waals surface area contributed by atoms with E-state index in [1.807, 2.05) is 0 Å². The standard InChI is InChI=1S/C11H11NO5/c1-14-8-4-6-7(5-9(8)15-2)12-11(16-3)17-10(6)13/h4-5H,1-3H3. The molecule has 17 heavy (non-hydrogen) atoms. The third-order valence-electron chi connectivity index (χ3n) is 2.29. The Balaban J connectivity index is 2.78. The van der Waals surface area contributed by atoms with Gasteiger partial charge in [0.1, 0.15) is 0 Å². The van der Waals surface area contributed by atoms with Crippen molar-refractivity contribution in [3.63, 3.8) is 0 Å². The van der Waals surface area contributed by atoms with Gasteiger partial charge in [-0.15, -0.1) is 0 Å². The summed E-state index contributed by atoms with van der Waals surface area (Å²) in [6.07, 6.45) is -0.0882. The van der Waals surface area contributed by atoms with Gasteiger partial charge in [0, 0.05) is 12.1 Å². The molecule has 0 saturated carbocycles. The van der Waals surface area contributed by atoms with Crippen molar-refractivity contribution in [1.29, 1.82) is 0 Å². The molecule has 0 atom stereocenters. The molecular weight excluding hydrogens is 226 g/mol. The zero-order chi connectivity index (χ0) is 12.4. The van der Waals surface area contributed by atoms with Gasteiger partial charge in [0.25, 0.3) is 0 Å². The summed E-state index contributed by atoms with van der Waals surface area (Å²) in [5.74, 6) is 0.930. The van der Waals surface area contributed by atoms with Crippen molar-refractivity contribution in [3.8, 4) is 17.6 Å². The van der Waals surface area contributed by atoms with Crippen molar-refractivity contribution >= 4 is 10.9 Å². The van der Waals surface area contributed by atoms with Crippen molar-refractivity contribution < 1.29 is 18.6 Å². The highest BCUT2D eigenvalue weighted by atomic mass is 16.6. The Morgan fingerprint density at radius 3 is 2.29 bits per heavy atom. The Bertz CT molecular complexity index is 605. The summed E-state index contributed by atoms with van der Waals surface area (Å²) in [6, 6.07) is 3.11. The lowest BCUT2D eigenvalue weighted by molar-refractivity contribution is 0.270. The Labute approximate surface area is 96.7 Å². The van der Waals surface area contributed by atoms with Crippen molar-refractivity contribution in [1.82, 2.24) is 4.98 Å². The molecule has 2 aromatic rings. The predicted molar refractivity (Wildman–Crippen MR) is 59.9 cm³/mol. The van der Waals surface area contributed by atoms with Crippen LogP contribution in [0.4, 0.5) is 0 Å². The number of fused-ring (bicyclic) bond motifs is 1. The Hall–Kier alpha value is -2.24. The number of rotatable bonds is 3. The van der Waals surface area contributed by atoms with Gasteiger partial charge in [0.05, 0.1) is 32.2 Å². The van der Waals surface area contributed by atoms with Crippen LogP contribution in [0.1, 0.15) is 0 Å². The lowest BCUT2D eigenvalue weighted by Gasteiger charge is -2.08. The van der Waals surface area contributed by atoms with Gasteiger partial charge in [-0.05, 0) is 0 Å². The molecule has 1 heterocycles. The topological polar surface area (TPSA) is 70.8 Å². The van der Waals surface area contributed by atoms with E-state index >= 15 is 0 Å². The van der Waals surface area contributed by atoms with Gasteiger partial charge < -0.3 is 18.6 Å². The molecule has 1 aromatic carbocycles. The highest BCUT2D eigenvalue weighted by Crippen LogP contribution is 2.30. The van der Waals surface area contributed by atoms with Gasteiger partial charge in [-0.1, -0.05) is 0 Å². The second-order valence-corrected chi connectivity index (χ2v) is 3.20. The molecule has 0 amide bonds. The molecular formula is C11H11NO5. The van der Waals surface area contributed by atoms with E-state index < -0.39 is 5.63 Å². The maximum Gasteiger partial charge on any atom is 0.396 e. The van der Waals surface area contributed by atoms with E-state index in [1.165, 1.54) is 27.4 Å². The molecule has 0 spiro atoms. The lowest BCUT2D eigenvalue weighted by Crippen LogP contribution is -2.04. The van der Waals surface area contributed by atoms with E-state index in [1.54, 1.807) is 6.07 Å². The first kappa shape index (κ1) is 11.3. The zero-order valence-corrected chi connectivity index (χ0v) is 9.64. The van der Waals surface area contributed by atoms with Crippen LogP contribution in [-0.2, 0) is 0 Å². The molecule has 0 radical (unpaired) electrons. The van der Waals surface area contributed by atoms with Crippen LogP contribution in [-0.4, -0.2) is 26.3 Å². The van der Waals surface area contributed by atoms with Gasteiger partial charge in [-0.25, -0.2) is 4.79 Å². The molecule has 0 saturated heterocycles. The number of ether oxygens (including phenoxy) is 3. The van der Waals surface area contributed by atoms with E-state index in [4.69, 9.17) is 18.6 Å². The Kier molecular flexibility index (Phi) is 2.86. The second kappa shape index (κ2) is 4.32. The molecule has 0 N–H and O–H groups in total. The first-order valence-corrected chi connectivity index (χ1v) is 4.80. The maximum absolute atomic E-state index is 11.6. The van der Waals surface area contributed by atoms with Crippen LogP contribution in [0.2, 0.25) is 0 Å². The maximum atomic E-state index is 11.6. The van der Waals surface area contributed by atoms with Gasteiger partial charge in [-0.2, -0.15) is 4.98 Å². The summed E-state index contributed by atoms with van der Waals surface area (Å²) in [4.78, 5) is 15.7. The van der Waals surface area contributed by atoms with Crippen LogP contribution < -0.4 is 19.8 Å². The summed E-state index contributed by atoms with van der Waals surface area (Å²) in [7, 11) is 4.37. The third kappa shape index (κ3) is 1.89. The van der Waals surface area contributed by atoms with E-state index in [0.717, 1.165) is 0 Å². The minimum atomic E-state index is -0.534. The van der Waals surface area contributed by atoms with Crippen LogP contribution >= 0.6 is 0 Å². The fraction of sp³-hybridized carbons (Fsp3) is 0.273. The smallest absolute Gasteiger partial charge is 0.396 e. The highest BCUT2D eigenvalue weighted by molar-refractivity contribution is 5.81. The summed E-state index contributed by atoms with van der Waals surface area (Å²) < 4.78 is 19.8.